The lowest BCUT2D eigenvalue weighted by Crippen LogP contribution is -2.42. The normalized spacial score (nSPS) is 13.4. The van der Waals surface area contributed by atoms with Crippen molar-refractivity contribution < 1.29 is 18.3 Å². The number of aryl methyl sites for hydroxylation is 2. The zero-order valence-corrected chi connectivity index (χ0v) is 14.8. The van der Waals surface area contributed by atoms with E-state index < -0.39 is 22.0 Å². The average molecular weight is 327 g/mol. The van der Waals surface area contributed by atoms with E-state index in [0.717, 1.165) is 11.1 Å². The van der Waals surface area contributed by atoms with Gasteiger partial charge in [0.25, 0.3) is 0 Å². The number of carboxylic acids is 1. The summed E-state index contributed by atoms with van der Waals surface area (Å²) in [6.45, 7) is 10.9. The molecular weight excluding hydrogens is 302 g/mol. The predicted octanol–water partition coefficient (Wildman–Crippen LogP) is 2.70. The molecular formula is C16H25NO4S. The van der Waals surface area contributed by atoms with Gasteiger partial charge in [0.05, 0.1) is 4.90 Å². The van der Waals surface area contributed by atoms with Gasteiger partial charge in [-0.25, -0.2) is 8.42 Å². The van der Waals surface area contributed by atoms with Crippen LogP contribution in [0.1, 0.15) is 42.5 Å². The summed E-state index contributed by atoms with van der Waals surface area (Å²) < 4.78 is 27.7. The Bertz CT molecular complexity index is 652. The number of rotatable bonds is 6. The van der Waals surface area contributed by atoms with Crippen molar-refractivity contribution in [3.63, 3.8) is 0 Å². The molecule has 0 fully saturated rings. The monoisotopic (exact) mass is 327 g/mol. The number of hydrogen-bond donors (Lipinski definition) is 2. The third kappa shape index (κ3) is 4.08. The van der Waals surface area contributed by atoms with Gasteiger partial charge in [-0.15, -0.1) is 0 Å². The summed E-state index contributed by atoms with van der Waals surface area (Å²) in [5.41, 5.74) is 3.06. The second kappa shape index (κ2) is 6.79. The van der Waals surface area contributed by atoms with Gasteiger partial charge in [0.1, 0.15) is 6.04 Å². The topological polar surface area (TPSA) is 83.5 Å². The minimum absolute atomic E-state index is 0.0743. The molecule has 5 nitrogen and oxygen atoms in total. The van der Waals surface area contributed by atoms with Crippen LogP contribution >= 0.6 is 0 Å². The molecule has 0 aliphatic carbocycles. The first kappa shape index (κ1) is 18.6. The van der Waals surface area contributed by atoms with Crippen LogP contribution < -0.4 is 4.72 Å². The zero-order valence-electron chi connectivity index (χ0n) is 14.0. The number of benzene rings is 1. The summed E-state index contributed by atoms with van der Waals surface area (Å²) in [6, 6.07) is 0.816. The molecule has 0 aliphatic rings. The lowest BCUT2D eigenvalue weighted by atomic mass is 10.0. The Hall–Kier alpha value is -1.40. The number of nitrogens with one attached hydrogen (secondary N) is 1. The third-order valence-electron chi connectivity index (χ3n) is 3.87. The van der Waals surface area contributed by atoms with Gasteiger partial charge in [0.15, 0.2) is 0 Å². The zero-order chi connectivity index (χ0) is 17.2. The van der Waals surface area contributed by atoms with Crippen LogP contribution in [-0.4, -0.2) is 25.5 Å². The van der Waals surface area contributed by atoms with E-state index in [1.807, 2.05) is 33.8 Å². The van der Waals surface area contributed by atoms with Gasteiger partial charge < -0.3 is 5.11 Å². The molecule has 0 saturated heterocycles. The lowest BCUT2D eigenvalue weighted by Gasteiger charge is -2.20. The molecule has 0 unspecified atom stereocenters. The molecule has 1 aromatic rings. The second-order valence-electron chi connectivity index (χ2n) is 6.23. The maximum absolute atomic E-state index is 12.7. The Labute approximate surface area is 132 Å². The molecule has 0 radical (unpaired) electrons. The molecule has 0 spiro atoms. The van der Waals surface area contributed by atoms with Crippen molar-refractivity contribution in [2.75, 3.05) is 0 Å². The highest BCUT2D eigenvalue weighted by atomic mass is 32.2. The molecule has 0 aliphatic heterocycles. The molecule has 0 saturated carbocycles. The first-order valence-corrected chi connectivity index (χ1v) is 8.78. The van der Waals surface area contributed by atoms with E-state index in [0.29, 0.717) is 11.1 Å². The summed E-state index contributed by atoms with van der Waals surface area (Å²) in [4.78, 5) is 11.5. The minimum Gasteiger partial charge on any atom is -0.480 e. The van der Waals surface area contributed by atoms with Crippen molar-refractivity contribution in [2.24, 2.45) is 5.92 Å². The Kier molecular flexibility index (Phi) is 5.76. The van der Waals surface area contributed by atoms with Crippen LogP contribution in [0.2, 0.25) is 0 Å². The molecule has 1 rings (SSSR count). The minimum atomic E-state index is -3.89. The van der Waals surface area contributed by atoms with E-state index in [1.54, 1.807) is 13.8 Å². The molecule has 0 amide bonds. The molecule has 2 N–H and O–H groups in total. The summed E-state index contributed by atoms with van der Waals surface area (Å²) in [6.07, 6.45) is 0.247. The maximum atomic E-state index is 12.7. The second-order valence-corrected chi connectivity index (χ2v) is 7.88. The third-order valence-corrected chi connectivity index (χ3v) is 5.61. The summed E-state index contributed by atoms with van der Waals surface area (Å²) in [7, 11) is -3.89. The van der Waals surface area contributed by atoms with Crippen LogP contribution in [0, 0.1) is 33.6 Å². The highest BCUT2D eigenvalue weighted by Crippen LogP contribution is 2.26. The Morgan fingerprint density at radius 3 is 1.95 bits per heavy atom. The largest absolute Gasteiger partial charge is 0.480 e. The van der Waals surface area contributed by atoms with Crippen molar-refractivity contribution >= 4 is 16.0 Å². The van der Waals surface area contributed by atoms with Crippen LogP contribution in [0.5, 0.6) is 0 Å². The van der Waals surface area contributed by atoms with Gasteiger partial charge in [-0.3, -0.25) is 4.79 Å². The van der Waals surface area contributed by atoms with Crippen LogP contribution in [0.15, 0.2) is 11.0 Å². The van der Waals surface area contributed by atoms with Gasteiger partial charge in [-0.05, 0) is 62.3 Å². The molecule has 22 heavy (non-hydrogen) atoms. The molecule has 0 heterocycles. The van der Waals surface area contributed by atoms with Gasteiger partial charge in [0.2, 0.25) is 10.0 Å². The van der Waals surface area contributed by atoms with E-state index >= 15 is 0 Å². The van der Waals surface area contributed by atoms with Crippen molar-refractivity contribution in [3.05, 3.63) is 28.3 Å². The molecule has 0 aromatic heterocycles. The van der Waals surface area contributed by atoms with Crippen LogP contribution in [0.3, 0.4) is 0 Å². The number of carbonyl (C=O) groups is 1. The summed E-state index contributed by atoms with van der Waals surface area (Å²) in [5.74, 6) is -1.08. The number of sulfonamides is 1. The highest BCUT2D eigenvalue weighted by Gasteiger charge is 2.29. The van der Waals surface area contributed by atoms with Gasteiger partial charge in [-0.2, -0.15) is 4.72 Å². The Balaban J connectivity index is 3.33. The Morgan fingerprint density at radius 2 is 1.59 bits per heavy atom. The van der Waals surface area contributed by atoms with Crippen molar-refractivity contribution in [3.8, 4) is 0 Å². The van der Waals surface area contributed by atoms with E-state index in [2.05, 4.69) is 4.72 Å². The number of aliphatic carboxylic acids is 1. The summed E-state index contributed by atoms with van der Waals surface area (Å²) in [5, 5.41) is 9.25. The van der Waals surface area contributed by atoms with Crippen LogP contribution in [0.25, 0.3) is 0 Å². The maximum Gasteiger partial charge on any atom is 0.321 e. The fraction of sp³-hybridized carbons (Fsp3) is 0.562. The van der Waals surface area contributed by atoms with E-state index in [1.165, 1.54) is 0 Å². The molecule has 124 valence electrons. The van der Waals surface area contributed by atoms with Gasteiger partial charge in [0, 0.05) is 0 Å². The lowest BCUT2D eigenvalue weighted by molar-refractivity contribution is -0.139. The fourth-order valence-corrected chi connectivity index (χ4v) is 4.32. The van der Waals surface area contributed by atoms with E-state index in [4.69, 9.17) is 0 Å². The summed E-state index contributed by atoms with van der Waals surface area (Å²) >= 11 is 0. The molecule has 6 heteroatoms. The van der Waals surface area contributed by atoms with Crippen LogP contribution in [-0.2, 0) is 14.8 Å². The van der Waals surface area contributed by atoms with E-state index in [-0.39, 0.29) is 17.2 Å². The molecule has 1 aromatic carbocycles. The van der Waals surface area contributed by atoms with Gasteiger partial charge in [-0.1, -0.05) is 19.9 Å². The predicted molar refractivity (Wildman–Crippen MR) is 86.6 cm³/mol. The average Bonchev–Trinajstić information content (AvgIpc) is 2.34. The highest BCUT2D eigenvalue weighted by molar-refractivity contribution is 7.89. The first-order valence-electron chi connectivity index (χ1n) is 7.30. The number of hydrogen-bond acceptors (Lipinski definition) is 3. The van der Waals surface area contributed by atoms with Crippen molar-refractivity contribution in [1.29, 1.82) is 0 Å². The molecule has 1 atom stereocenters. The SMILES string of the molecule is Cc1cc(C)c(C)c(S(=O)(=O)N[C@@H](CC(C)C)C(=O)O)c1C. The van der Waals surface area contributed by atoms with Crippen LogP contribution in [0.4, 0.5) is 0 Å². The quantitative estimate of drug-likeness (QED) is 0.841. The van der Waals surface area contributed by atoms with E-state index in [9.17, 15) is 18.3 Å². The fourth-order valence-electron chi connectivity index (χ4n) is 2.50. The Morgan fingerprint density at radius 1 is 1.14 bits per heavy atom. The smallest absolute Gasteiger partial charge is 0.321 e. The number of carboxylic acid groups (broad SMARTS) is 1. The van der Waals surface area contributed by atoms with Gasteiger partial charge >= 0.3 is 5.97 Å². The molecule has 0 bridgehead atoms. The van der Waals surface area contributed by atoms with Crippen molar-refractivity contribution in [2.45, 2.75) is 58.9 Å². The van der Waals surface area contributed by atoms with Crippen molar-refractivity contribution in [1.82, 2.24) is 4.72 Å². The first-order chi connectivity index (χ1) is 9.97. The standard InChI is InChI=1S/C16H25NO4S/c1-9(2)7-14(16(18)19)17-22(20,21)15-12(5)10(3)8-11(4)13(15)6/h8-9,14,17H,7H2,1-6H3,(H,18,19)/t14-/m0/s1.